The van der Waals surface area contributed by atoms with Gasteiger partial charge < -0.3 is 8.83 Å². The number of carbonyl (C=O) groups excluding carboxylic acids is 1. The first kappa shape index (κ1) is 9.28. The maximum Gasteiger partial charge on any atom is 0.195 e. The van der Waals surface area contributed by atoms with Gasteiger partial charge in [0.25, 0.3) is 0 Å². The minimum absolute atomic E-state index is 0.165. The van der Waals surface area contributed by atoms with Crippen LogP contribution in [0, 0.1) is 11.3 Å². The minimum Gasteiger partial charge on any atom is -0.461 e. The predicted octanol–water partition coefficient (Wildman–Crippen LogP) is 2.61. The van der Waals surface area contributed by atoms with E-state index in [2.05, 4.69) is 0 Å². The Balaban J connectivity index is 2.57. The Labute approximate surface area is 85.7 Å². The smallest absolute Gasteiger partial charge is 0.195 e. The van der Waals surface area contributed by atoms with Crippen LogP contribution in [0.25, 0.3) is 11.5 Å². The van der Waals surface area contributed by atoms with Gasteiger partial charge in [-0.05, 0) is 12.1 Å². The number of Topliss-reactive ketones (excluding diaryl/α,β-unsaturated/α-hetero) is 1. The van der Waals surface area contributed by atoms with E-state index in [0.29, 0.717) is 17.1 Å². The van der Waals surface area contributed by atoms with E-state index < -0.39 is 0 Å². The summed E-state index contributed by atoms with van der Waals surface area (Å²) < 4.78 is 10.3. The molecule has 4 nitrogen and oxygen atoms in total. The summed E-state index contributed by atoms with van der Waals surface area (Å²) in [5.74, 6) is 0.689. The van der Waals surface area contributed by atoms with Gasteiger partial charge in [0.2, 0.25) is 0 Å². The highest BCUT2D eigenvalue weighted by molar-refractivity contribution is 5.92. The molecule has 0 radical (unpaired) electrons. The lowest BCUT2D eigenvalue weighted by Crippen LogP contribution is -1.86. The molecule has 0 amide bonds. The standard InChI is InChI=1S/C11H7NO3/c1-7(13)10-5-8(6-12)11(15-10)9-3-2-4-14-9/h2-5H,1H3. The van der Waals surface area contributed by atoms with Crippen LogP contribution >= 0.6 is 0 Å². The molecule has 0 aliphatic carbocycles. The van der Waals surface area contributed by atoms with Crippen LogP contribution < -0.4 is 0 Å². The number of carbonyl (C=O) groups is 1. The lowest BCUT2D eigenvalue weighted by molar-refractivity contribution is 0.0988. The maximum absolute atomic E-state index is 11.1. The van der Waals surface area contributed by atoms with E-state index >= 15 is 0 Å². The van der Waals surface area contributed by atoms with Gasteiger partial charge in [0.05, 0.1) is 6.26 Å². The number of nitriles is 1. The number of ketones is 1. The fourth-order valence-corrected chi connectivity index (χ4v) is 1.24. The van der Waals surface area contributed by atoms with Gasteiger partial charge >= 0.3 is 0 Å². The number of hydrogen-bond acceptors (Lipinski definition) is 4. The molecular weight excluding hydrogens is 194 g/mol. The van der Waals surface area contributed by atoms with Gasteiger partial charge in [0.15, 0.2) is 23.1 Å². The Hall–Kier alpha value is -2.28. The molecular formula is C11H7NO3. The summed E-state index contributed by atoms with van der Waals surface area (Å²) in [7, 11) is 0. The second-order valence-corrected chi connectivity index (χ2v) is 3.00. The molecule has 0 spiro atoms. The van der Waals surface area contributed by atoms with Crippen molar-refractivity contribution < 1.29 is 13.6 Å². The van der Waals surface area contributed by atoms with Crippen LogP contribution in [0.4, 0.5) is 0 Å². The van der Waals surface area contributed by atoms with E-state index in [1.807, 2.05) is 6.07 Å². The summed E-state index contributed by atoms with van der Waals surface area (Å²) >= 11 is 0. The van der Waals surface area contributed by atoms with Crippen LogP contribution in [0.3, 0.4) is 0 Å². The summed E-state index contributed by atoms with van der Waals surface area (Å²) in [6, 6.07) is 6.73. The van der Waals surface area contributed by atoms with Crippen LogP contribution in [0.15, 0.2) is 33.3 Å². The van der Waals surface area contributed by atoms with E-state index in [0.717, 1.165) is 0 Å². The maximum atomic E-state index is 11.1. The normalized spacial score (nSPS) is 9.87. The molecule has 15 heavy (non-hydrogen) atoms. The zero-order chi connectivity index (χ0) is 10.8. The first-order chi connectivity index (χ1) is 7.22. The molecule has 0 atom stereocenters. The van der Waals surface area contributed by atoms with E-state index in [1.165, 1.54) is 19.3 Å². The van der Waals surface area contributed by atoms with E-state index in [4.69, 9.17) is 14.1 Å². The highest BCUT2D eigenvalue weighted by Gasteiger charge is 2.16. The van der Waals surface area contributed by atoms with Crippen LogP contribution in [0.2, 0.25) is 0 Å². The molecule has 0 unspecified atom stereocenters. The Morgan fingerprint density at radius 1 is 1.53 bits per heavy atom. The van der Waals surface area contributed by atoms with Gasteiger partial charge in [0, 0.05) is 13.0 Å². The Morgan fingerprint density at radius 2 is 2.33 bits per heavy atom. The quantitative estimate of drug-likeness (QED) is 0.700. The van der Waals surface area contributed by atoms with Gasteiger partial charge in [-0.25, -0.2) is 0 Å². The monoisotopic (exact) mass is 201 g/mol. The van der Waals surface area contributed by atoms with Crippen molar-refractivity contribution in [1.29, 1.82) is 5.26 Å². The Bertz CT molecular complexity index is 529. The summed E-state index contributed by atoms with van der Waals surface area (Å²) in [6.07, 6.45) is 1.48. The molecule has 2 heterocycles. The average Bonchev–Trinajstić information content (AvgIpc) is 2.86. The highest BCUT2D eigenvalue weighted by atomic mass is 16.4. The molecule has 0 aliphatic heterocycles. The van der Waals surface area contributed by atoms with Crippen LogP contribution in [0.5, 0.6) is 0 Å². The molecule has 4 heteroatoms. The molecule has 2 aromatic heterocycles. The van der Waals surface area contributed by atoms with E-state index in [9.17, 15) is 4.79 Å². The summed E-state index contributed by atoms with van der Waals surface area (Å²) in [4.78, 5) is 11.1. The SMILES string of the molecule is CC(=O)c1cc(C#N)c(-c2ccco2)o1. The van der Waals surface area contributed by atoms with Crippen LogP contribution in [-0.4, -0.2) is 5.78 Å². The lowest BCUT2D eigenvalue weighted by atomic mass is 10.2. The second-order valence-electron chi connectivity index (χ2n) is 3.00. The number of rotatable bonds is 2. The Kier molecular flexibility index (Phi) is 2.14. The summed E-state index contributed by atoms with van der Waals surface area (Å²) in [6.45, 7) is 1.38. The van der Waals surface area contributed by atoms with Crippen LogP contribution in [0.1, 0.15) is 23.0 Å². The molecule has 0 aliphatic rings. The predicted molar refractivity (Wildman–Crippen MR) is 51.1 cm³/mol. The van der Waals surface area contributed by atoms with Gasteiger partial charge in [-0.15, -0.1) is 0 Å². The summed E-state index contributed by atoms with van der Waals surface area (Å²) in [5.41, 5.74) is 0.301. The average molecular weight is 201 g/mol. The highest BCUT2D eigenvalue weighted by Crippen LogP contribution is 2.27. The van der Waals surface area contributed by atoms with Crippen molar-refractivity contribution in [1.82, 2.24) is 0 Å². The molecule has 0 saturated heterocycles. The van der Waals surface area contributed by atoms with Gasteiger partial charge in [-0.2, -0.15) is 5.26 Å². The zero-order valence-corrected chi connectivity index (χ0v) is 7.98. The van der Waals surface area contributed by atoms with Crippen LogP contribution in [-0.2, 0) is 0 Å². The minimum atomic E-state index is -0.218. The topological polar surface area (TPSA) is 67.1 Å². The number of furan rings is 2. The van der Waals surface area contributed by atoms with E-state index in [1.54, 1.807) is 12.1 Å². The molecule has 0 N–H and O–H groups in total. The van der Waals surface area contributed by atoms with Crippen molar-refractivity contribution in [2.24, 2.45) is 0 Å². The fraction of sp³-hybridized carbons (Fsp3) is 0.0909. The van der Waals surface area contributed by atoms with Gasteiger partial charge in [-0.1, -0.05) is 0 Å². The Morgan fingerprint density at radius 3 is 2.87 bits per heavy atom. The van der Waals surface area contributed by atoms with Crippen molar-refractivity contribution in [2.75, 3.05) is 0 Å². The number of hydrogen-bond donors (Lipinski definition) is 0. The third-order valence-corrected chi connectivity index (χ3v) is 1.94. The molecule has 0 bridgehead atoms. The van der Waals surface area contributed by atoms with Crippen molar-refractivity contribution in [2.45, 2.75) is 6.92 Å². The first-order valence-corrected chi connectivity index (χ1v) is 4.31. The fourth-order valence-electron chi connectivity index (χ4n) is 1.24. The third kappa shape index (κ3) is 1.55. The zero-order valence-electron chi connectivity index (χ0n) is 7.98. The molecule has 0 fully saturated rings. The summed E-state index contributed by atoms with van der Waals surface area (Å²) in [5, 5.41) is 8.85. The van der Waals surface area contributed by atoms with Crippen molar-refractivity contribution in [3.63, 3.8) is 0 Å². The first-order valence-electron chi connectivity index (χ1n) is 4.31. The number of nitrogens with zero attached hydrogens (tertiary/aromatic N) is 1. The third-order valence-electron chi connectivity index (χ3n) is 1.94. The molecule has 74 valence electrons. The van der Waals surface area contributed by atoms with E-state index in [-0.39, 0.29) is 11.5 Å². The lowest BCUT2D eigenvalue weighted by Gasteiger charge is -1.90. The molecule has 2 aromatic rings. The molecule has 2 rings (SSSR count). The molecule has 0 aromatic carbocycles. The van der Waals surface area contributed by atoms with Crippen molar-refractivity contribution in [3.05, 3.63) is 35.8 Å². The van der Waals surface area contributed by atoms with Crippen molar-refractivity contribution >= 4 is 5.78 Å². The second kappa shape index (κ2) is 3.46. The van der Waals surface area contributed by atoms with Gasteiger partial charge in [0.1, 0.15) is 11.6 Å². The largest absolute Gasteiger partial charge is 0.461 e. The van der Waals surface area contributed by atoms with Crippen molar-refractivity contribution in [3.8, 4) is 17.6 Å². The van der Waals surface area contributed by atoms with Gasteiger partial charge in [-0.3, -0.25) is 4.79 Å². The molecule has 0 saturated carbocycles.